The Kier molecular flexibility index (Phi) is 33.6. The topological polar surface area (TPSA) is 66.4 Å². The van der Waals surface area contributed by atoms with Crippen molar-refractivity contribution in [1.29, 1.82) is 0 Å². The summed E-state index contributed by atoms with van der Waals surface area (Å²) in [5, 5.41) is 12.1. The molecule has 0 saturated heterocycles. The maximum atomic E-state index is 12.3. The Hall–Kier alpha value is -1.58. The van der Waals surface area contributed by atoms with E-state index in [1.807, 2.05) is 0 Å². The van der Waals surface area contributed by atoms with Crippen LogP contribution in [-0.2, 0) is 9.59 Å². The molecule has 0 spiro atoms. The van der Waals surface area contributed by atoms with E-state index in [1.54, 1.807) is 0 Å². The van der Waals surface area contributed by atoms with E-state index in [1.165, 1.54) is 154 Å². The van der Waals surface area contributed by atoms with Crippen LogP contribution in [-0.4, -0.2) is 23.0 Å². The standard InChI is InChI=1S/C39H73NO3/c1-3-5-7-9-11-13-15-17-19-21-23-25-27-29-31-33-37(40-38(41)35-36-39(42)43)34-32-30-28-26-24-22-20-18-16-14-12-10-8-6-4-2/h17-20,37H,3-16,21-36H2,1-2H3,(H,40,41)(H,42,43)/b19-17-,20-18-. The number of unbranched alkanes of at least 4 members (excludes halogenated alkanes) is 22. The number of amides is 1. The van der Waals surface area contributed by atoms with Crippen molar-refractivity contribution in [2.75, 3.05) is 0 Å². The second-order valence-corrected chi connectivity index (χ2v) is 12.9. The number of nitrogens with one attached hydrogen (secondary N) is 1. The Morgan fingerprint density at radius 1 is 0.488 bits per heavy atom. The highest BCUT2D eigenvalue weighted by atomic mass is 16.4. The van der Waals surface area contributed by atoms with E-state index >= 15 is 0 Å². The summed E-state index contributed by atoms with van der Waals surface area (Å²) < 4.78 is 0. The highest BCUT2D eigenvalue weighted by Crippen LogP contribution is 2.16. The lowest BCUT2D eigenvalue weighted by atomic mass is 9.99. The van der Waals surface area contributed by atoms with Gasteiger partial charge in [0.2, 0.25) is 5.91 Å². The van der Waals surface area contributed by atoms with Crippen molar-refractivity contribution in [2.24, 2.45) is 0 Å². The van der Waals surface area contributed by atoms with E-state index in [0.29, 0.717) is 0 Å². The predicted octanol–water partition coefficient (Wildman–Crippen LogP) is 12.4. The number of carbonyl (C=O) groups is 2. The Bertz CT molecular complexity index is 617. The molecule has 252 valence electrons. The van der Waals surface area contributed by atoms with Crippen LogP contribution in [0, 0.1) is 0 Å². The van der Waals surface area contributed by atoms with E-state index in [-0.39, 0.29) is 24.8 Å². The van der Waals surface area contributed by atoms with Gasteiger partial charge >= 0.3 is 5.97 Å². The molecule has 0 radical (unpaired) electrons. The smallest absolute Gasteiger partial charge is 0.303 e. The fourth-order valence-electron chi connectivity index (χ4n) is 5.73. The molecule has 0 atom stereocenters. The minimum Gasteiger partial charge on any atom is -0.481 e. The van der Waals surface area contributed by atoms with E-state index in [2.05, 4.69) is 43.5 Å². The van der Waals surface area contributed by atoms with Gasteiger partial charge in [0.05, 0.1) is 6.42 Å². The van der Waals surface area contributed by atoms with Gasteiger partial charge in [-0.2, -0.15) is 0 Å². The number of hydrogen-bond acceptors (Lipinski definition) is 2. The average Bonchev–Trinajstić information content (AvgIpc) is 2.99. The molecule has 0 bridgehead atoms. The Morgan fingerprint density at radius 2 is 0.814 bits per heavy atom. The van der Waals surface area contributed by atoms with Crippen molar-refractivity contribution in [3.63, 3.8) is 0 Å². The highest BCUT2D eigenvalue weighted by molar-refractivity contribution is 5.80. The molecular formula is C39H73NO3. The number of carbonyl (C=O) groups excluding carboxylic acids is 1. The van der Waals surface area contributed by atoms with Gasteiger partial charge in [-0.3, -0.25) is 9.59 Å². The zero-order chi connectivity index (χ0) is 31.5. The third-order valence-corrected chi connectivity index (χ3v) is 8.56. The van der Waals surface area contributed by atoms with Crippen molar-refractivity contribution >= 4 is 11.9 Å². The van der Waals surface area contributed by atoms with Gasteiger partial charge in [0.1, 0.15) is 0 Å². The molecule has 4 heteroatoms. The molecule has 0 aromatic carbocycles. The van der Waals surface area contributed by atoms with E-state index in [0.717, 1.165) is 25.7 Å². The fraction of sp³-hybridized carbons (Fsp3) is 0.846. The zero-order valence-electron chi connectivity index (χ0n) is 28.9. The lowest BCUT2D eigenvalue weighted by Gasteiger charge is -2.19. The van der Waals surface area contributed by atoms with Gasteiger partial charge in [0.25, 0.3) is 0 Å². The normalized spacial score (nSPS) is 11.8. The maximum Gasteiger partial charge on any atom is 0.303 e. The SMILES string of the molecule is CCCCCCCC/C=C\CCCCCCCC(CCCCCCC/C=C\CCCCCCCC)NC(=O)CCC(=O)O. The molecule has 0 fully saturated rings. The first-order valence-corrected chi connectivity index (χ1v) is 18.9. The van der Waals surface area contributed by atoms with Gasteiger partial charge in [-0.25, -0.2) is 0 Å². The largest absolute Gasteiger partial charge is 0.481 e. The summed E-state index contributed by atoms with van der Waals surface area (Å²) in [6.07, 6.45) is 45.2. The number of hydrogen-bond donors (Lipinski definition) is 2. The predicted molar refractivity (Wildman–Crippen MR) is 188 cm³/mol. The molecule has 43 heavy (non-hydrogen) atoms. The molecular weight excluding hydrogens is 530 g/mol. The fourth-order valence-corrected chi connectivity index (χ4v) is 5.73. The summed E-state index contributed by atoms with van der Waals surface area (Å²) in [5.41, 5.74) is 0. The molecule has 0 aliphatic rings. The van der Waals surface area contributed by atoms with Crippen LogP contribution in [0.4, 0.5) is 0 Å². The van der Waals surface area contributed by atoms with Crippen molar-refractivity contribution < 1.29 is 14.7 Å². The number of aliphatic carboxylic acids is 1. The molecule has 2 N–H and O–H groups in total. The van der Waals surface area contributed by atoms with Gasteiger partial charge in [-0.1, -0.05) is 154 Å². The van der Waals surface area contributed by atoms with Crippen LogP contribution in [0.15, 0.2) is 24.3 Å². The molecule has 0 aromatic heterocycles. The van der Waals surface area contributed by atoms with Crippen molar-refractivity contribution in [2.45, 2.75) is 213 Å². The summed E-state index contributed by atoms with van der Waals surface area (Å²) in [6.45, 7) is 4.54. The van der Waals surface area contributed by atoms with Crippen molar-refractivity contribution in [3.05, 3.63) is 24.3 Å². The first-order valence-electron chi connectivity index (χ1n) is 18.9. The first kappa shape index (κ1) is 41.4. The minimum atomic E-state index is -0.902. The second-order valence-electron chi connectivity index (χ2n) is 12.9. The van der Waals surface area contributed by atoms with Crippen LogP contribution in [0.2, 0.25) is 0 Å². The molecule has 1 amide bonds. The van der Waals surface area contributed by atoms with Crippen molar-refractivity contribution in [1.82, 2.24) is 5.32 Å². The Balaban J connectivity index is 3.93. The third kappa shape index (κ3) is 34.8. The number of carboxylic acids is 1. The van der Waals surface area contributed by atoms with Gasteiger partial charge in [-0.15, -0.1) is 0 Å². The summed E-state index contributed by atoms with van der Waals surface area (Å²) in [4.78, 5) is 23.2. The van der Waals surface area contributed by atoms with Gasteiger partial charge in [0, 0.05) is 12.5 Å². The van der Waals surface area contributed by atoms with Crippen LogP contribution in [0.25, 0.3) is 0 Å². The monoisotopic (exact) mass is 604 g/mol. The lowest BCUT2D eigenvalue weighted by Crippen LogP contribution is -2.35. The van der Waals surface area contributed by atoms with Crippen LogP contribution in [0.1, 0.15) is 206 Å². The number of allylic oxidation sites excluding steroid dienone is 4. The van der Waals surface area contributed by atoms with Crippen molar-refractivity contribution in [3.8, 4) is 0 Å². The summed E-state index contributed by atoms with van der Waals surface area (Å²) in [6, 6.07) is 0.191. The summed E-state index contributed by atoms with van der Waals surface area (Å²) >= 11 is 0. The molecule has 0 aromatic rings. The number of rotatable bonds is 34. The first-order chi connectivity index (χ1) is 21.1. The minimum absolute atomic E-state index is 0.0840. The average molecular weight is 604 g/mol. The van der Waals surface area contributed by atoms with Gasteiger partial charge in [-0.05, 0) is 64.2 Å². The highest BCUT2D eigenvalue weighted by Gasteiger charge is 2.13. The quantitative estimate of drug-likeness (QED) is 0.0568. The molecule has 0 aliphatic heterocycles. The number of carboxylic acid groups (broad SMARTS) is 1. The third-order valence-electron chi connectivity index (χ3n) is 8.56. The summed E-state index contributed by atoms with van der Waals surface area (Å²) in [5.74, 6) is -1.01. The maximum absolute atomic E-state index is 12.3. The molecule has 0 rings (SSSR count). The lowest BCUT2D eigenvalue weighted by molar-refractivity contribution is -0.138. The molecule has 0 aliphatic carbocycles. The van der Waals surface area contributed by atoms with Crippen LogP contribution < -0.4 is 5.32 Å². The molecule has 0 unspecified atom stereocenters. The van der Waals surface area contributed by atoms with Crippen LogP contribution >= 0.6 is 0 Å². The summed E-state index contributed by atoms with van der Waals surface area (Å²) in [7, 11) is 0. The Morgan fingerprint density at radius 3 is 1.16 bits per heavy atom. The second kappa shape index (κ2) is 34.9. The van der Waals surface area contributed by atoms with E-state index in [4.69, 9.17) is 5.11 Å². The van der Waals surface area contributed by atoms with Gasteiger partial charge < -0.3 is 10.4 Å². The van der Waals surface area contributed by atoms with Gasteiger partial charge in [0.15, 0.2) is 0 Å². The molecule has 4 nitrogen and oxygen atoms in total. The van der Waals surface area contributed by atoms with Crippen LogP contribution in [0.3, 0.4) is 0 Å². The molecule has 0 heterocycles. The van der Waals surface area contributed by atoms with E-state index < -0.39 is 5.97 Å². The van der Waals surface area contributed by atoms with E-state index in [9.17, 15) is 9.59 Å². The van der Waals surface area contributed by atoms with Crippen LogP contribution in [0.5, 0.6) is 0 Å². The molecule has 0 saturated carbocycles. The zero-order valence-corrected chi connectivity index (χ0v) is 28.9. The Labute approximate surface area is 268 Å².